The molecule has 13 nitrogen and oxygen atoms in total. The topological polar surface area (TPSA) is 223 Å². The van der Waals surface area contributed by atoms with Gasteiger partial charge in [-0.3, -0.25) is 10.5 Å². The van der Waals surface area contributed by atoms with Gasteiger partial charge < -0.3 is 51.0 Å². The molecule has 22 unspecified atom stereocenters. The molecule has 0 radical (unpaired) electrons. The predicted octanol–water partition coefficient (Wildman–Crippen LogP) is 0.945. The molecule has 22 atom stereocenters. The van der Waals surface area contributed by atoms with E-state index in [0.717, 1.165) is 83.7 Å². The summed E-state index contributed by atoms with van der Waals surface area (Å²) in [5.74, 6) is 0.182. The highest BCUT2D eigenvalue weighted by atomic mass is 16.6. The molecule has 9 rings (SSSR count). The summed E-state index contributed by atoms with van der Waals surface area (Å²) in [6.07, 6.45) is 8.21. The molecular weight excluding hydrogens is 741 g/mol. The van der Waals surface area contributed by atoms with Crippen LogP contribution in [0.15, 0.2) is 11.6 Å². The lowest BCUT2D eigenvalue weighted by Gasteiger charge is -2.64. The molecule has 58 heavy (non-hydrogen) atoms. The van der Waals surface area contributed by atoms with Gasteiger partial charge >= 0.3 is 5.97 Å². The standard InChI is InChI=1S/C45H72N4O9/c1-3-21(19-50)44(55)57-35-17-32-40(54)39-34(53)16-27(20-51)56-42(39)38-31-13-24-12-26(52)7-4-22(24)5-9-29(37-30(31)10-11-48-43(37)47)28-8-6-23-15-36(46)49-18-25(23)14-33(28)45(35,2)58-41(32)38/h3,22-33,35-43,48-52,54H,4-20,46-47H2,1-2H3/p+1. The SMILES string of the molecule is CC=C(CO)C(=O)OC1CC2C(O)C3C(=O)CC(CO)OC3C3C4CC5CC(O)CCC5CCC(C5CCC6CC(N)[NH2+]CC6CC5C1(C)OC23)C1C(N)NCCC41. The Morgan fingerprint density at radius 3 is 2.41 bits per heavy atom. The Bertz CT molecular complexity index is 1550. The Morgan fingerprint density at radius 1 is 0.879 bits per heavy atom. The first kappa shape index (κ1) is 41.8. The molecule has 326 valence electrons. The van der Waals surface area contributed by atoms with Gasteiger partial charge in [-0.05, 0) is 144 Å². The smallest absolute Gasteiger partial charge is 0.336 e. The van der Waals surface area contributed by atoms with Gasteiger partial charge in [0.25, 0.3) is 0 Å². The van der Waals surface area contributed by atoms with Gasteiger partial charge in [-0.1, -0.05) is 6.08 Å². The first-order valence-corrected chi connectivity index (χ1v) is 23.3. The van der Waals surface area contributed by atoms with Gasteiger partial charge in [0.2, 0.25) is 0 Å². The number of quaternary nitrogens is 1. The van der Waals surface area contributed by atoms with E-state index in [9.17, 15) is 30.0 Å². The lowest BCUT2D eigenvalue weighted by molar-refractivity contribution is -0.706. The molecule has 5 aliphatic heterocycles. The maximum Gasteiger partial charge on any atom is 0.336 e. The second-order valence-corrected chi connectivity index (χ2v) is 20.8. The number of hydrogen-bond acceptors (Lipinski definition) is 12. The van der Waals surface area contributed by atoms with E-state index < -0.39 is 60.5 Å². The fraction of sp³-hybridized carbons (Fsp3) is 0.911. The number of piperidine rings is 2. The summed E-state index contributed by atoms with van der Waals surface area (Å²) >= 11 is 0. The average molecular weight is 814 g/mol. The molecule has 4 bridgehead atoms. The van der Waals surface area contributed by atoms with Crippen molar-refractivity contribution in [2.45, 2.75) is 152 Å². The van der Waals surface area contributed by atoms with E-state index in [1.807, 2.05) is 0 Å². The van der Waals surface area contributed by atoms with Crippen molar-refractivity contribution in [3.05, 3.63) is 11.6 Å². The van der Waals surface area contributed by atoms with Crippen LogP contribution < -0.4 is 22.1 Å². The molecular formula is C45H73N4O9+. The number of allylic oxidation sites excluding steroid dienone is 1. The van der Waals surface area contributed by atoms with Crippen LogP contribution >= 0.6 is 0 Å². The third-order valence-electron chi connectivity index (χ3n) is 18.3. The number of ether oxygens (including phenoxy) is 3. The summed E-state index contributed by atoms with van der Waals surface area (Å²) in [6.45, 7) is 4.90. The van der Waals surface area contributed by atoms with Crippen LogP contribution in [0.2, 0.25) is 0 Å². The van der Waals surface area contributed by atoms with Crippen molar-refractivity contribution in [1.29, 1.82) is 0 Å². The normalized spacial score (nSPS) is 53.1. The highest BCUT2D eigenvalue weighted by molar-refractivity contribution is 5.88. The number of ketones is 1. The summed E-state index contributed by atoms with van der Waals surface area (Å²) in [4.78, 5) is 28.3. The first-order chi connectivity index (χ1) is 27.9. The Labute approximate surface area is 344 Å². The number of carbonyl (C=O) groups excluding carboxylic acids is 2. The number of carbonyl (C=O) groups is 2. The molecule has 11 N–H and O–H groups in total. The van der Waals surface area contributed by atoms with E-state index in [1.165, 1.54) is 0 Å². The van der Waals surface area contributed by atoms with Crippen LogP contribution in [0.1, 0.15) is 97.3 Å². The summed E-state index contributed by atoms with van der Waals surface area (Å²) in [5, 5.41) is 50.5. The van der Waals surface area contributed by atoms with Crippen molar-refractivity contribution in [1.82, 2.24) is 5.32 Å². The second-order valence-electron chi connectivity index (χ2n) is 20.8. The maximum absolute atomic E-state index is 14.3. The molecule has 0 spiro atoms. The minimum atomic E-state index is -1.09. The molecule has 13 heteroatoms. The number of rotatable bonds is 4. The van der Waals surface area contributed by atoms with Gasteiger partial charge in [-0.25, -0.2) is 4.79 Å². The number of hydrogen-bond donors (Lipinski definition) is 8. The van der Waals surface area contributed by atoms with Crippen molar-refractivity contribution < 1.29 is 49.5 Å². The van der Waals surface area contributed by atoms with E-state index in [-0.39, 0.29) is 84.2 Å². The minimum absolute atomic E-state index is 0.0113. The van der Waals surface area contributed by atoms with Gasteiger partial charge in [-0.2, -0.15) is 0 Å². The molecule has 4 aliphatic carbocycles. The Hall–Kier alpha value is -1.52. The Morgan fingerprint density at radius 2 is 1.64 bits per heavy atom. The lowest BCUT2D eigenvalue weighted by atomic mass is 9.51. The third-order valence-corrected chi connectivity index (χ3v) is 18.3. The monoisotopic (exact) mass is 814 g/mol. The van der Waals surface area contributed by atoms with E-state index in [1.54, 1.807) is 13.0 Å². The van der Waals surface area contributed by atoms with Gasteiger partial charge in [0.1, 0.15) is 23.7 Å². The molecule has 9 aliphatic rings. The van der Waals surface area contributed by atoms with Crippen molar-refractivity contribution in [2.75, 3.05) is 26.3 Å². The fourth-order valence-electron chi connectivity index (χ4n) is 15.6. The van der Waals surface area contributed by atoms with Crippen molar-refractivity contribution in [3.8, 4) is 0 Å². The molecule has 5 saturated heterocycles. The van der Waals surface area contributed by atoms with Gasteiger partial charge in [-0.15, -0.1) is 0 Å². The van der Waals surface area contributed by atoms with Crippen LogP contribution in [0, 0.1) is 76.9 Å². The maximum atomic E-state index is 14.3. The Kier molecular flexibility index (Phi) is 12.0. The van der Waals surface area contributed by atoms with Crippen LogP contribution in [0.25, 0.3) is 0 Å². The molecule has 9 fully saturated rings. The van der Waals surface area contributed by atoms with Gasteiger partial charge in [0.05, 0.1) is 67.9 Å². The summed E-state index contributed by atoms with van der Waals surface area (Å²) in [5.41, 5.74) is 13.3. The first-order valence-electron chi connectivity index (χ1n) is 23.3. The number of Topliss-reactive ketones (excluding diaryl/α,β-unsaturated/α-hetero) is 1. The zero-order valence-electron chi connectivity index (χ0n) is 34.8. The number of aliphatic hydroxyl groups is 4. The Balaban J connectivity index is 1.26. The van der Waals surface area contributed by atoms with Crippen LogP contribution in [-0.4, -0.2) is 113 Å². The quantitative estimate of drug-likeness (QED) is 0.147. The zero-order chi connectivity index (χ0) is 40.6. The highest BCUT2D eigenvalue weighted by Gasteiger charge is 2.67. The number of aliphatic hydroxyl groups excluding tert-OH is 4. The molecule has 0 aromatic heterocycles. The average Bonchev–Trinajstić information content (AvgIpc) is 3.35. The predicted molar refractivity (Wildman–Crippen MR) is 213 cm³/mol. The molecule has 5 heterocycles. The summed E-state index contributed by atoms with van der Waals surface area (Å²) < 4.78 is 21.4. The van der Waals surface area contributed by atoms with Gasteiger partial charge in [0.15, 0.2) is 0 Å². The number of esters is 1. The van der Waals surface area contributed by atoms with Gasteiger partial charge in [0, 0.05) is 30.6 Å². The molecule has 4 saturated carbocycles. The largest absolute Gasteiger partial charge is 0.456 e. The van der Waals surface area contributed by atoms with Crippen molar-refractivity contribution in [2.24, 2.45) is 88.4 Å². The number of nitrogens with one attached hydrogen (secondary N) is 1. The molecule has 0 amide bonds. The van der Waals surface area contributed by atoms with Crippen LogP contribution in [0.3, 0.4) is 0 Å². The number of fused-ring (bicyclic) bond motifs is 9. The zero-order valence-corrected chi connectivity index (χ0v) is 34.8. The number of nitrogens with two attached hydrogens (primary N) is 3. The minimum Gasteiger partial charge on any atom is -0.456 e. The van der Waals surface area contributed by atoms with E-state index >= 15 is 0 Å². The van der Waals surface area contributed by atoms with Crippen LogP contribution in [0.5, 0.6) is 0 Å². The highest BCUT2D eigenvalue weighted by Crippen LogP contribution is 2.62. The lowest BCUT2D eigenvalue weighted by Crippen LogP contribution is -2.96. The van der Waals surface area contributed by atoms with E-state index in [4.69, 9.17) is 25.7 Å². The van der Waals surface area contributed by atoms with Crippen molar-refractivity contribution in [3.63, 3.8) is 0 Å². The summed E-state index contributed by atoms with van der Waals surface area (Å²) in [7, 11) is 0. The van der Waals surface area contributed by atoms with E-state index in [0.29, 0.717) is 30.1 Å². The molecule has 0 aromatic rings. The third kappa shape index (κ3) is 7.16. The summed E-state index contributed by atoms with van der Waals surface area (Å²) in [6, 6.07) is 0. The van der Waals surface area contributed by atoms with Crippen molar-refractivity contribution >= 4 is 11.8 Å². The van der Waals surface area contributed by atoms with E-state index in [2.05, 4.69) is 17.6 Å². The molecule has 0 aromatic carbocycles. The second kappa shape index (κ2) is 16.6. The van der Waals surface area contributed by atoms with Crippen LogP contribution in [0.4, 0.5) is 0 Å². The van der Waals surface area contributed by atoms with Crippen LogP contribution in [-0.2, 0) is 23.8 Å². The fourth-order valence-corrected chi connectivity index (χ4v) is 15.6.